The summed E-state index contributed by atoms with van der Waals surface area (Å²) in [4.78, 5) is 39.4. The van der Waals surface area contributed by atoms with Crippen LogP contribution in [0.2, 0.25) is 0 Å². The van der Waals surface area contributed by atoms with Gasteiger partial charge in [0.15, 0.2) is 5.88 Å². The summed E-state index contributed by atoms with van der Waals surface area (Å²) in [6.45, 7) is 6.78. The molecule has 12 heteroatoms. The molecule has 4 aliphatic rings. The van der Waals surface area contributed by atoms with Crippen LogP contribution >= 0.6 is 0 Å². The van der Waals surface area contributed by atoms with Crippen molar-refractivity contribution in [2.45, 2.75) is 89.8 Å². The second-order valence-electron chi connectivity index (χ2n) is 14.3. The minimum absolute atomic E-state index is 0.00464. The summed E-state index contributed by atoms with van der Waals surface area (Å²) < 4.78 is 17.8. The van der Waals surface area contributed by atoms with Gasteiger partial charge in [-0.1, -0.05) is 0 Å². The Kier molecular flexibility index (Phi) is 7.10. The van der Waals surface area contributed by atoms with Crippen LogP contribution in [0.15, 0.2) is 42.6 Å². The first-order chi connectivity index (χ1) is 23.8. The van der Waals surface area contributed by atoms with Crippen LogP contribution in [0.4, 0.5) is 0 Å². The number of nitrogens with zero attached hydrogens (tertiary/aromatic N) is 6. The van der Waals surface area contributed by atoms with E-state index in [4.69, 9.17) is 25.2 Å². The van der Waals surface area contributed by atoms with Crippen molar-refractivity contribution in [3.63, 3.8) is 0 Å². The number of fused-ring (bicyclic) bond motifs is 5. The molecule has 12 nitrogen and oxygen atoms in total. The SMILES string of the molecule is COc1cc(C(=O)N2[C@H]3CC[C@@H]2[C@H](N)C3)cc2nc(-c3cc4ccc([C@@H](C)NC(=O)c5cc6n(c5)CCOC6)nc4n3CC3CC3)c(C)n12. The summed E-state index contributed by atoms with van der Waals surface area (Å²) in [6, 6.07) is 11.9. The second-order valence-corrected chi connectivity index (χ2v) is 14.3. The lowest BCUT2D eigenvalue weighted by molar-refractivity contribution is 0.0725. The fourth-order valence-corrected chi connectivity index (χ4v) is 8.32. The van der Waals surface area contributed by atoms with Gasteiger partial charge in [-0.15, -0.1) is 0 Å². The van der Waals surface area contributed by atoms with Gasteiger partial charge in [0.05, 0.1) is 49.0 Å². The van der Waals surface area contributed by atoms with Gasteiger partial charge in [0.25, 0.3) is 11.8 Å². The number of amides is 2. The topological polar surface area (TPSA) is 134 Å². The van der Waals surface area contributed by atoms with Crippen molar-refractivity contribution in [2.75, 3.05) is 13.7 Å². The molecule has 2 bridgehead atoms. The fourth-order valence-electron chi connectivity index (χ4n) is 8.32. The van der Waals surface area contributed by atoms with Crippen LogP contribution in [0.25, 0.3) is 28.1 Å². The summed E-state index contributed by atoms with van der Waals surface area (Å²) in [5.41, 5.74) is 13.6. The molecule has 0 radical (unpaired) electrons. The maximum atomic E-state index is 13.8. The number of carbonyl (C=O) groups is 2. The van der Waals surface area contributed by atoms with Gasteiger partial charge < -0.3 is 34.6 Å². The first kappa shape index (κ1) is 30.4. The Bertz CT molecular complexity index is 2120. The highest BCUT2D eigenvalue weighted by atomic mass is 16.5. The molecular formula is C37H42N8O4. The summed E-state index contributed by atoms with van der Waals surface area (Å²) in [5.74, 6) is 1.02. The number of imidazole rings is 1. The third-order valence-electron chi connectivity index (χ3n) is 11.1. The fraction of sp³-hybridized carbons (Fsp3) is 0.459. The van der Waals surface area contributed by atoms with Gasteiger partial charge >= 0.3 is 0 Å². The monoisotopic (exact) mass is 662 g/mol. The van der Waals surface area contributed by atoms with Crippen LogP contribution in [0.5, 0.6) is 5.88 Å². The molecule has 3 N–H and O–H groups in total. The van der Waals surface area contributed by atoms with Crippen molar-refractivity contribution in [3.8, 4) is 17.3 Å². The predicted octanol–water partition coefficient (Wildman–Crippen LogP) is 4.60. The lowest BCUT2D eigenvalue weighted by Crippen LogP contribution is -2.40. The van der Waals surface area contributed by atoms with Crippen LogP contribution in [-0.4, -0.2) is 72.1 Å². The maximum Gasteiger partial charge on any atom is 0.254 e. The average molecular weight is 663 g/mol. The Morgan fingerprint density at radius 3 is 2.69 bits per heavy atom. The van der Waals surface area contributed by atoms with Gasteiger partial charge in [-0.05, 0) is 82.2 Å². The molecule has 3 fully saturated rings. The quantitative estimate of drug-likeness (QED) is 0.248. The first-order valence-corrected chi connectivity index (χ1v) is 17.5. The number of pyridine rings is 2. The Labute approximate surface area is 284 Å². The number of ether oxygens (including phenoxy) is 2. The molecule has 9 rings (SSSR count). The van der Waals surface area contributed by atoms with Crippen LogP contribution in [0.3, 0.4) is 0 Å². The first-order valence-electron chi connectivity index (χ1n) is 17.5. The minimum Gasteiger partial charge on any atom is -0.482 e. The number of aromatic nitrogens is 5. The molecule has 254 valence electrons. The molecule has 8 heterocycles. The van der Waals surface area contributed by atoms with Crippen molar-refractivity contribution in [2.24, 2.45) is 11.7 Å². The Balaban J connectivity index is 1.06. The highest BCUT2D eigenvalue weighted by Gasteiger charge is 2.47. The molecule has 3 aliphatic heterocycles. The van der Waals surface area contributed by atoms with Gasteiger partial charge in [-0.3, -0.25) is 14.0 Å². The van der Waals surface area contributed by atoms with E-state index in [1.54, 1.807) is 7.11 Å². The normalized spacial score (nSPS) is 22.2. The van der Waals surface area contributed by atoms with Crippen molar-refractivity contribution in [3.05, 3.63) is 70.8 Å². The Morgan fingerprint density at radius 1 is 1.10 bits per heavy atom. The molecule has 5 aromatic heterocycles. The van der Waals surface area contributed by atoms with Gasteiger partial charge in [0.2, 0.25) is 0 Å². The van der Waals surface area contributed by atoms with Crippen molar-refractivity contribution in [1.29, 1.82) is 0 Å². The molecule has 5 aromatic rings. The number of nitrogens with two attached hydrogens (primary N) is 1. The molecule has 0 spiro atoms. The van der Waals surface area contributed by atoms with E-state index in [0.29, 0.717) is 41.8 Å². The number of methoxy groups -OCH3 is 1. The van der Waals surface area contributed by atoms with Gasteiger partial charge in [-0.25, -0.2) is 9.97 Å². The Morgan fingerprint density at radius 2 is 1.96 bits per heavy atom. The molecule has 1 aliphatic carbocycles. The average Bonchev–Trinajstić information content (AvgIpc) is 3.42. The molecule has 2 amide bonds. The number of hydrogen-bond donors (Lipinski definition) is 2. The summed E-state index contributed by atoms with van der Waals surface area (Å²) in [6.07, 6.45) is 7.10. The molecule has 1 saturated carbocycles. The second kappa shape index (κ2) is 11.4. The predicted molar refractivity (Wildman–Crippen MR) is 183 cm³/mol. The van der Waals surface area contributed by atoms with Crippen molar-refractivity contribution < 1.29 is 19.1 Å². The van der Waals surface area contributed by atoms with E-state index < -0.39 is 0 Å². The van der Waals surface area contributed by atoms with Crippen LogP contribution < -0.4 is 15.8 Å². The van der Waals surface area contributed by atoms with E-state index in [9.17, 15) is 9.59 Å². The molecular weight excluding hydrogens is 620 g/mol. The minimum atomic E-state index is -0.296. The van der Waals surface area contributed by atoms with E-state index in [1.165, 1.54) is 12.8 Å². The highest BCUT2D eigenvalue weighted by molar-refractivity contribution is 5.97. The number of carbonyl (C=O) groups excluding carboxylic acids is 2. The summed E-state index contributed by atoms with van der Waals surface area (Å²) in [5, 5.41) is 4.16. The zero-order chi connectivity index (χ0) is 33.6. The number of nitrogens with one attached hydrogen (secondary N) is 1. The largest absolute Gasteiger partial charge is 0.482 e. The molecule has 4 atom stereocenters. The smallest absolute Gasteiger partial charge is 0.254 e. The van der Waals surface area contributed by atoms with Gasteiger partial charge in [-0.2, -0.15) is 0 Å². The van der Waals surface area contributed by atoms with Crippen LogP contribution in [-0.2, 0) is 24.4 Å². The zero-order valence-electron chi connectivity index (χ0n) is 28.2. The van der Waals surface area contributed by atoms with Crippen molar-refractivity contribution >= 4 is 28.5 Å². The van der Waals surface area contributed by atoms with Gasteiger partial charge in [0.1, 0.15) is 17.0 Å². The summed E-state index contributed by atoms with van der Waals surface area (Å²) in [7, 11) is 1.63. The van der Waals surface area contributed by atoms with E-state index in [0.717, 1.165) is 71.9 Å². The lowest BCUT2D eigenvalue weighted by atomic mass is 9.97. The van der Waals surface area contributed by atoms with Gasteiger partial charge in [0, 0.05) is 60.1 Å². The standard InChI is InChI=1S/C37H42N8O4/c1-20(39-36(46)25-12-27-19-49-11-10-42(27)18-25)29-8-6-23-13-31(43(35(23)40-29)17-22-4-5-22)34-21(2)44-32(41-34)14-24(15-33(44)48-3)37(47)45-26-7-9-30(45)28(38)16-26/h6,8,12-15,18,20,22,26,28,30H,4-5,7,9-11,16-17,19,38H2,1-3H3,(H,39,46)/t20-,26+,28-,30-/m1/s1. The molecule has 2 saturated heterocycles. The Hall–Kier alpha value is -4.68. The van der Waals surface area contributed by atoms with E-state index in [2.05, 4.69) is 26.6 Å². The van der Waals surface area contributed by atoms with Crippen LogP contribution in [0, 0.1) is 12.8 Å². The third kappa shape index (κ3) is 5.03. The molecule has 0 unspecified atom stereocenters. The molecule has 49 heavy (non-hydrogen) atoms. The third-order valence-corrected chi connectivity index (χ3v) is 11.1. The number of rotatable bonds is 8. The summed E-state index contributed by atoms with van der Waals surface area (Å²) >= 11 is 0. The number of hydrogen-bond acceptors (Lipinski definition) is 7. The zero-order valence-corrected chi connectivity index (χ0v) is 28.2. The maximum absolute atomic E-state index is 13.8. The van der Waals surface area contributed by atoms with Crippen LogP contribution in [0.1, 0.15) is 82.9 Å². The lowest BCUT2D eigenvalue weighted by Gasteiger charge is -2.23. The van der Waals surface area contributed by atoms with E-state index >= 15 is 0 Å². The van der Waals surface area contributed by atoms with E-state index in [1.807, 2.05) is 53.6 Å². The van der Waals surface area contributed by atoms with E-state index in [-0.39, 0.29) is 36.0 Å². The number of aryl methyl sites for hydroxylation is 1. The van der Waals surface area contributed by atoms with Crippen molar-refractivity contribution in [1.82, 2.24) is 33.7 Å². The highest BCUT2D eigenvalue weighted by Crippen LogP contribution is 2.40. The molecule has 0 aromatic carbocycles.